The number of rotatable bonds is 5. The molecule has 1 aromatic rings. The molecule has 0 aromatic heterocycles. The monoisotopic (exact) mass is 394 g/mol. The van der Waals surface area contributed by atoms with Crippen molar-refractivity contribution in [2.75, 3.05) is 13.2 Å². The number of nitrogens with two attached hydrogens (primary N) is 1. The van der Waals surface area contributed by atoms with E-state index in [1.165, 1.54) is 11.0 Å². The maximum atomic E-state index is 12.1. The van der Waals surface area contributed by atoms with Gasteiger partial charge in [0.05, 0.1) is 0 Å². The quantitative estimate of drug-likeness (QED) is 0.609. The molecule has 0 unspecified atom stereocenters. The summed E-state index contributed by atoms with van der Waals surface area (Å²) >= 11 is 3.34. The number of primary amides is 1. The van der Waals surface area contributed by atoms with Crippen LogP contribution >= 0.6 is 15.9 Å². The van der Waals surface area contributed by atoms with Crippen LogP contribution in [0.5, 0.6) is 0 Å². The first kappa shape index (κ1) is 18.2. The van der Waals surface area contributed by atoms with Gasteiger partial charge < -0.3 is 15.4 Å². The van der Waals surface area contributed by atoms with Gasteiger partial charge in [-0.05, 0) is 43.0 Å². The van der Waals surface area contributed by atoms with Crippen LogP contribution in [-0.2, 0) is 19.1 Å². The van der Waals surface area contributed by atoms with Gasteiger partial charge in [0.15, 0.2) is 6.61 Å². The normalized spacial score (nSPS) is 17.7. The molecule has 24 heavy (non-hydrogen) atoms. The first-order chi connectivity index (χ1) is 11.5. The van der Waals surface area contributed by atoms with Crippen molar-refractivity contribution in [3.8, 4) is 0 Å². The van der Waals surface area contributed by atoms with Gasteiger partial charge in [-0.3, -0.25) is 9.59 Å². The zero-order valence-corrected chi connectivity index (χ0v) is 14.7. The maximum absolute atomic E-state index is 12.1. The smallest absolute Gasteiger partial charge is 0.331 e. The highest BCUT2D eigenvalue weighted by molar-refractivity contribution is 9.10. The maximum Gasteiger partial charge on any atom is 0.331 e. The molecule has 1 aromatic carbocycles. The molecule has 1 fully saturated rings. The number of halogens is 1. The second-order valence-corrected chi connectivity index (χ2v) is 6.41. The fraction of sp³-hybridized carbons (Fsp3) is 0.353. The van der Waals surface area contributed by atoms with E-state index in [9.17, 15) is 14.4 Å². The van der Waals surface area contributed by atoms with Crippen LogP contribution in [0.4, 0.5) is 0 Å². The van der Waals surface area contributed by atoms with E-state index in [1.807, 2.05) is 24.3 Å². The van der Waals surface area contributed by atoms with Crippen molar-refractivity contribution < 1.29 is 19.1 Å². The van der Waals surface area contributed by atoms with E-state index in [0.717, 1.165) is 22.9 Å². The summed E-state index contributed by atoms with van der Waals surface area (Å²) in [4.78, 5) is 36.7. The van der Waals surface area contributed by atoms with E-state index in [2.05, 4.69) is 15.9 Å². The molecule has 2 amide bonds. The van der Waals surface area contributed by atoms with Crippen molar-refractivity contribution in [3.05, 3.63) is 40.4 Å². The van der Waals surface area contributed by atoms with Crippen molar-refractivity contribution in [3.63, 3.8) is 0 Å². The van der Waals surface area contributed by atoms with Crippen LogP contribution in [-0.4, -0.2) is 41.9 Å². The summed E-state index contributed by atoms with van der Waals surface area (Å²) in [6, 6.07) is 6.80. The standard InChI is InChI=1S/C17H19BrN2O4/c18-13-5-3-4-12(10-13)7-8-16(22)24-11-15(21)20-9-2-1-6-14(20)17(19)23/h3-5,7-8,10,14H,1-2,6,9,11H2,(H2,19,23)/b8-7+/t14-/m0/s1. The lowest BCUT2D eigenvalue weighted by Crippen LogP contribution is -2.51. The minimum Gasteiger partial charge on any atom is -0.452 e. The first-order valence-electron chi connectivity index (χ1n) is 7.66. The summed E-state index contributed by atoms with van der Waals surface area (Å²) in [5.41, 5.74) is 6.15. The summed E-state index contributed by atoms with van der Waals surface area (Å²) in [5.74, 6) is -1.54. The zero-order chi connectivity index (χ0) is 17.5. The Bertz CT molecular complexity index is 660. The van der Waals surface area contributed by atoms with Crippen LogP contribution < -0.4 is 5.73 Å². The third-order valence-corrected chi connectivity index (χ3v) is 4.24. The molecule has 1 aliphatic rings. The number of amides is 2. The molecule has 1 aliphatic heterocycles. The zero-order valence-electron chi connectivity index (χ0n) is 13.1. The molecule has 1 atom stereocenters. The Hall–Kier alpha value is -2.15. The van der Waals surface area contributed by atoms with Gasteiger partial charge in [0.1, 0.15) is 6.04 Å². The Morgan fingerprint density at radius 2 is 2.12 bits per heavy atom. The fourth-order valence-corrected chi connectivity index (χ4v) is 2.98. The average Bonchev–Trinajstić information content (AvgIpc) is 2.58. The highest BCUT2D eigenvalue weighted by Crippen LogP contribution is 2.17. The van der Waals surface area contributed by atoms with Gasteiger partial charge >= 0.3 is 5.97 Å². The van der Waals surface area contributed by atoms with E-state index in [0.29, 0.717) is 13.0 Å². The topological polar surface area (TPSA) is 89.7 Å². The van der Waals surface area contributed by atoms with Gasteiger partial charge in [0.2, 0.25) is 5.91 Å². The van der Waals surface area contributed by atoms with E-state index < -0.39 is 30.4 Å². The van der Waals surface area contributed by atoms with Crippen molar-refractivity contribution >= 4 is 39.8 Å². The minimum atomic E-state index is -0.615. The van der Waals surface area contributed by atoms with Gasteiger partial charge in [0.25, 0.3) is 5.91 Å². The molecular formula is C17H19BrN2O4. The Kier molecular flexibility index (Phi) is 6.54. The highest BCUT2D eigenvalue weighted by atomic mass is 79.9. The summed E-state index contributed by atoms with van der Waals surface area (Å²) in [6.45, 7) is 0.0588. The van der Waals surface area contributed by atoms with Crippen LogP contribution in [0.1, 0.15) is 24.8 Å². The molecule has 6 nitrogen and oxygen atoms in total. The lowest BCUT2D eigenvalue weighted by atomic mass is 10.0. The van der Waals surface area contributed by atoms with Crippen molar-refractivity contribution in [2.45, 2.75) is 25.3 Å². The predicted molar refractivity (Wildman–Crippen MR) is 92.7 cm³/mol. The predicted octanol–water partition coefficient (Wildman–Crippen LogP) is 1.87. The van der Waals surface area contributed by atoms with E-state index in [4.69, 9.17) is 10.5 Å². The van der Waals surface area contributed by atoms with Crippen LogP contribution in [0.15, 0.2) is 34.8 Å². The van der Waals surface area contributed by atoms with Gasteiger partial charge in [-0.25, -0.2) is 4.79 Å². The Labute approximate surface area is 148 Å². The highest BCUT2D eigenvalue weighted by Gasteiger charge is 2.30. The number of hydrogen-bond donors (Lipinski definition) is 1. The van der Waals surface area contributed by atoms with Gasteiger partial charge in [0, 0.05) is 17.1 Å². The molecule has 0 saturated carbocycles. The minimum absolute atomic E-state index is 0.397. The molecule has 1 saturated heterocycles. The number of carbonyl (C=O) groups excluding carboxylic acids is 3. The number of nitrogens with zero attached hydrogens (tertiary/aromatic N) is 1. The van der Waals surface area contributed by atoms with Gasteiger partial charge in [-0.1, -0.05) is 28.1 Å². The van der Waals surface area contributed by atoms with Crippen LogP contribution in [0.25, 0.3) is 6.08 Å². The number of carbonyl (C=O) groups is 3. The summed E-state index contributed by atoms with van der Waals surface area (Å²) in [7, 11) is 0. The molecule has 1 heterocycles. The third kappa shape index (κ3) is 5.19. The molecule has 128 valence electrons. The molecule has 0 radical (unpaired) electrons. The number of ether oxygens (including phenoxy) is 1. The van der Waals surface area contributed by atoms with Gasteiger partial charge in [-0.2, -0.15) is 0 Å². The summed E-state index contributed by atoms with van der Waals surface area (Å²) in [5, 5.41) is 0. The number of piperidine rings is 1. The molecule has 0 aliphatic carbocycles. The van der Waals surface area contributed by atoms with Crippen LogP contribution in [0.3, 0.4) is 0 Å². The van der Waals surface area contributed by atoms with E-state index in [-0.39, 0.29) is 0 Å². The first-order valence-corrected chi connectivity index (χ1v) is 8.46. The average molecular weight is 395 g/mol. The largest absolute Gasteiger partial charge is 0.452 e. The van der Waals surface area contributed by atoms with Crippen molar-refractivity contribution in [1.82, 2.24) is 4.90 Å². The van der Waals surface area contributed by atoms with E-state index in [1.54, 1.807) is 6.08 Å². The van der Waals surface area contributed by atoms with Crippen LogP contribution in [0.2, 0.25) is 0 Å². The Morgan fingerprint density at radius 3 is 2.83 bits per heavy atom. The van der Waals surface area contributed by atoms with Crippen LogP contribution in [0, 0.1) is 0 Å². The fourth-order valence-electron chi connectivity index (χ4n) is 2.56. The molecule has 0 bridgehead atoms. The lowest BCUT2D eigenvalue weighted by Gasteiger charge is -2.33. The molecule has 2 rings (SSSR count). The molecule has 0 spiro atoms. The van der Waals surface area contributed by atoms with Crippen molar-refractivity contribution in [1.29, 1.82) is 0 Å². The van der Waals surface area contributed by atoms with E-state index >= 15 is 0 Å². The second-order valence-electron chi connectivity index (χ2n) is 5.50. The third-order valence-electron chi connectivity index (χ3n) is 3.75. The summed E-state index contributed by atoms with van der Waals surface area (Å²) in [6.07, 6.45) is 5.08. The lowest BCUT2D eigenvalue weighted by molar-refractivity contribution is -0.151. The van der Waals surface area contributed by atoms with Gasteiger partial charge in [-0.15, -0.1) is 0 Å². The SMILES string of the molecule is NC(=O)[C@@H]1CCCCN1C(=O)COC(=O)/C=C/c1cccc(Br)c1. The Balaban J connectivity index is 1.86. The molecular weight excluding hydrogens is 376 g/mol. The number of hydrogen-bond acceptors (Lipinski definition) is 4. The molecule has 7 heteroatoms. The number of esters is 1. The number of likely N-dealkylation sites (tertiary alicyclic amines) is 1. The van der Waals surface area contributed by atoms with Crippen molar-refractivity contribution in [2.24, 2.45) is 5.73 Å². The number of benzene rings is 1. The second kappa shape index (κ2) is 8.63. The summed E-state index contributed by atoms with van der Waals surface area (Å²) < 4.78 is 5.86. The molecule has 2 N–H and O–H groups in total. The Morgan fingerprint density at radius 1 is 1.33 bits per heavy atom.